The van der Waals surface area contributed by atoms with Crippen molar-refractivity contribution < 1.29 is 34.4 Å². The Bertz CT molecular complexity index is 503. The van der Waals surface area contributed by atoms with Crippen molar-refractivity contribution >= 4 is 17.9 Å². The van der Waals surface area contributed by atoms with Gasteiger partial charge in [0.2, 0.25) is 6.23 Å². The summed E-state index contributed by atoms with van der Waals surface area (Å²) in [5.74, 6) is -4.03. The minimum atomic E-state index is -1.66. The third-order valence-electron chi connectivity index (χ3n) is 2.47. The van der Waals surface area contributed by atoms with Crippen molar-refractivity contribution in [2.75, 3.05) is 13.2 Å². The number of hydrogen-bond acceptors (Lipinski definition) is 5. The number of carboxylic acids is 3. The van der Waals surface area contributed by atoms with Crippen LogP contribution in [0.25, 0.3) is 0 Å². The van der Waals surface area contributed by atoms with Gasteiger partial charge in [0, 0.05) is 6.54 Å². The van der Waals surface area contributed by atoms with Crippen LogP contribution in [0.4, 0.5) is 0 Å². The number of carbonyl (C=O) groups is 3. The van der Waals surface area contributed by atoms with Crippen molar-refractivity contribution in [1.29, 1.82) is 0 Å². The van der Waals surface area contributed by atoms with E-state index in [2.05, 4.69) is 0 Å². The Morgan fingerprint density at radius 1 is 1.05 bits per heavy atom. The van der Waals surface area contributed by atoms with Crippen molar-refractivity contribution in [2.24, 2.45) is 0 Å². The van der Waals surface area contributed by atoms with Gasteiger partial charge in [-0.1, -0.05) is 30.3 Å². The molecule has 1 aromatic rings. The van der Waals surface area contributed by atoms with Crippen LogP contribution in [0.2, 0.25) is 0 Å². The minimum absolute atomic E-state index is 0.00370. The zero-order valence-corrected chi connectivity index (χ0v) is 11.0. The van der Waals surface area contributed by atoms with Gasteiger partial charge in [-0.15, -0.1) is 0 Å². The van der Waals surface area contributed by atoms with Gasteiger partial charge in [-0.2, -0.15) is 0 Å². The van der Waals surface area contributed by atoms with E-state index in [9.17, 15) is 14.4 Å². The van der Waals surface area contributed by atoms with E-state index in [1.807, 2.05) is 0 Å². The SMILES string of the molecule is O=C(O)COC(C(=O)O)N(CC(=O)O)Cc1ccccc1. The van der Waals surface area contributed by atoms with Gasteiger partial charge in [0.15, 0.2) is 0 Å². The molecule has 8 heteroatoms. The topological polar surface area (TPSA) is 124 Å². The van der Waals surface area contributed by atoms with E-state index in [4.69, 9.17) is 20.1 Å². The van der Waals surface area contributed by atoms with Crippen LogP contribution < -0.4 is 0 Å². The van der Waals surface area contributed by atoms with Gasteiger partial charge in [0.1, 0.15) is 6.61 Å². The fourth-order valence-corrected chi connectivity index (χ4v) is 1.70. The number of ether oxygens (including phenoxy) is 1. The molecule has 0 spiro atoms. The number of rotatable bonds is 9. The third kappa shape index (κ3) is 6.02. The second-order valence-corrected chi connectivity index (χ2v) is 4.18. The number of nitrogens with zero attached hydrogens (tertiary/aromatic N) is 1. The molecule has 0 amide bonds. The molecule has 0 aromatic heterocycles. The summed E-state index contributed by atoms with van der Waals surface area (Å²) in [4.78, 5) is 33.5. The first-order chi connectivity index (χ1) is 9.90. The lowest BCUT2D eigenvalue weighted by Crippen LogP contribution is -2.46. The monoisotopic (exact) mass is 297 g/mol. The molecule has 114 valence electrons. The molecule has 1 rings (SSSR count). The van der Waals surface area contributed by atoms with Crippen molar-refractivity contribution in [2.45, 2.75) is 12.8 Å². The van der Waals surface area contributed by atoms with E-state index in [1.165, 1.54) is 0 Å². The van der Waals surface area contributed by atoms with Gasteiger partial charge in [0.25, 0.3) is 0 Å². The molecule has 8 nitrogen and oxygen atoms in total. The first-order valence-corrected chi connectivity index (χ1v) is 5.96. The van der Waals surface area contributed by atoms with Gasteiger partial charge in [-0.3, -0.25) is 9.69 Å². The van der Waals surface area contributed by atoms with Crippen molar-refractivity contribution in [3.63, 3.8) is 0 Å². The van der Waals surface area contributed by atoms with Crippen LogP contribution in [-0.2, 0) is 25.7 Å². The van der Waals surface area contributed by atoms with Crippen LogP contribution in [0.1, 0.15) is 5.56 Å². The maximum Gasteiger partial charge on any atom is 0.348 e. The first-order valence-electron chi connectivity index (χ1n) is 5.96. The van der Waals surface area contributed by atoms with Gasteiger partial charge < -0.3 is 20.1 Å². The highest BCUT2D eigenvalue weighted by atomic mass is 16.5. The van der Waals surface area contributed by atoms with Crippen LogP contribution in [0.3, 0.4) is 0 Å². The highest BCUT2D eigenvalue weighted by Crippen LogP contribution is 2.10. The maximum atomic E-state index is 11.2. The molecule has 0 aliphatic carbocycles. The maximum absolute atomic E-state index is 11.2. The van der Waals surface area contributed by atoms with Crippen LogP contribution in [0, 0.1) is 0 Å². The molecular formula is C13H15NO7. The van der Waals surface area contributed by atoms with E-state index >= 15 is 0 Å². The van der Waals surface area contributed by atoms with Gasteiger partial charge in [-0.05, 0) is 5.56 Å². The molecular weight excluding hydrogens is 282 g/mol. The molecule has 21 heavy (non-hydrogen) atoms. The van der Waals surface area contributed by atoms with Crippen molar-refractivity contribution in [1.82, 2.24) is 4.90 Å². The summed E-state index contributed by atoms with van der Waals surface area (Å²) in [5.41, 5.74) is 0.684. The smallest absolute Gasteiger partial charge is 0.348 e. The second-order valence-electron chi connectivity index (χ2n) is 4.18. The highest BCUT2D eigenvalue weighted by Gasteiger charge is 2.29. The summed E-state index contributed by atoms with van der Waals surface area (Å²) in [5, 5.41) is 26.5. The molecule has 1 atom stereocenters. The first kappa shape index (κ1) is 16.6. The fraction of sp³-hybridized carbons (Fsp3) is 0.308. The molecule has 0 saturated carbocycles. The van der Waals surface area contributed by atoms with E-state index in [0.717, 1.165) is 4.90 Å². The Morgan fingerprint density at radius 3 is 2.14 bits per heavy atom. The largest absolute Gasteiger partial charge is 0.480 e. The Labute approximate surface area is 120 Å². The lowest BCUT2D eigenvalue weighted by atomic mass is 10.2. The molecule has 0 radical (unpaired) electrons. The minimum Gasteiger partial charge on any atom is -0.480 e. The van der Waals surface area contributed by atoms with Crippen LogP contribution in [-0.4, -0.2) is 57.5 Å². The Kier molecular flexibility index (Phi) is 6.31. The van der Waals surface area contributed by atoms with Crippen LogP contribution in [0.15, 0.2) is 30.3 Å². The summed E-state index contributed by atoms with van der Waals surface area (Å²) in [6, 6.07) is 8.61. The lowest BCUT2D eigenvalue weighted by molar-refractivity contribution is -0.172. The van der Waals surface area contributed by atoms with E-state index < -0.39 is 37.3 Å². The van der Waals surface area contributed by atoms with E-state index in [0.29, 0.717) is 5.56 Å². The predicted octanol–water partition coefficient (Wildman–Crippen LogP) is 0.0851. The molecule has 0 fully saturated rings. The average Bonchev–Trinajstić information content (AvgIpc) is 2.38. The van der Waals surface area contributed by atoms with Crippen LogP contribution >= 0.6 is 0 Å². The average molecular weight is 297 g/mol. The lowest BCUT2D eigenvalue weighted by Gasteiger charge is -2.26. The molecule has 1 aromatic carbocycles. The normalized spacial score (nSPS) is 12.0. The van der Waals surface area contributed by atoms with Crippen LogP contribution in [0.5, 0.6) is 0 Å². The standard InChI is InChI=1S/C13H15NO7/c15-10(16)7-14(6-9-4-2-1-3-5-9)12(13(19)20)21-8-11(17)18/h1-5,12H,6-8H2,(H,15,16)(H,17,18)(H,19,20). The summed E-state index contributed by atoms with van der Waals surface area (Å²) >= 11 is 0. The fourth-order valence-electron chi connectivity index (χ4n) is 1.70. The molecule has 1 unspecified atom stereocenters. The van der Waals surface area contributed by atoms with E-state index in [-0.39, 0.29) is 6.54 Å². The van der Waals surface area contributed by atoms with Gasteiger partial charge >= 0.3 is 17.9 Å². The number of hydrogen-bond donors (Lipinski definition) is 3. The van der Waals surface area contributed by atoms with Crippen molar-refractivity contribution in [3.05, 3.63) is 35.9 Å². The molecule has 0 saturated heterocycles. The quantitative estimate of drug-likeness (QED) is 0.547. The summed E-state index contributed by atoms with van der Waals surface area (Å²) < 4.78 is 4.76. The summed E-state index contributed by atoms with van der Waals surface area (Å²) in [7, 11) is 0. The Morgan fingerprint density at radius 2 is 1.67 bits per heavy atom. The molecule has 0 heterocycles. The van der Waals surface area contributed by atoms with Crippen molar-refractivity contribution in [3.8, 4) is 0 Å². The Hall–Kier alpha value is -2.45. The molecule has 3 N–H and O–H groups in total. The second kappa shape index (κ2) is 7.98. The third-order valence-corrected chi connectivity index (χ3v) is 2.47. The van der Waals surface area contributed by atoms with Gasteiger partial charge in [-0.25, -0.2) is 9.59 Å². The predicted molar refractivity (Wildman–Crippen MR) is 69.5 cm³/mol. The zero-order chi connectivity index (χ0) is 15.8. The zero-order valence-electron chi connectivity index (χ0n) is 11.0. The highest BCUT2D eigenvalue weighted by molar-refractivity contribution is 5.75. The number of aliphatic carboxylic acids is 3. The molecule has 0 aliphatic rings. The van der Waals surface area contributed by atoms with E-state index in [1.54, 1.807) is 30.3 Å². The number of benzene rings is 1. The van der Waals surface area contributed by atoms with Gasteiger partial charge in [0.05, 0.1) is 6.54 Å². The summed E-state index contributed by atoms with van der Waals surface area (Å²) in [6.07, 6.45) is -1.66. The Balaban J connectivity index is 2.88. The summed E-state index contributed by atoms with van der Waals surface area (Å²) in [6.45, 7) is -1.42. The number of carboxylic acid groups (broad SMARTS) is 3. The molecule has 0 aliphatic heterocycles. The molecule has 0 bridgehead atoms.